The summed E-state index contributed by atoms with van der Waals surface area (Å²) >= 11 is 0. The average Bonchev–Trinajstić information content (AvgIpc) is 2.17. The maximum atomic E-state index is 12.3. The number of halogens is 3. The second kappa shape index (κ2) is 3.81. The summed E-state index contributed by atoms with van der Waals surface area (Å²) in [6.07, 6.45) is -5.98. The van der Waals surface area contributed by atoms with Crippen molar-refractivity contribution in [3.8, 4) is 0 Å². The van der Waals surface area contributed by atoms with Crippen LogP contribution in [-0.2, 0) is 12.5 Å². The first-order chi connectivity index (χ1) is 6.77. The first-order valence-electron chi connectivity index (χ1n) is 4.95. The lowest BCUT2D eigenvalue weighted by atomic mass is 10.1. The van der Waals surface area contributed by atoms with Gasteiger partial charge in [0.1, 0.15) is 0 Å². The van der Waals surface area contributed by atoms with Gasteiger partial charge in [-0.2, -0.15) is 13.2 Å². The molecule has 0 atom stereocenters. The van der Waals surface area contributed by atoms with Crippen LogP contribution in [0.4, 0.5) is 13.2 Å². The molecule has 0 aliphatic heterocycles. The molecule has 0 nitrogen and oxygen atoms in total. The predicted octanol–water partition coefficient (Wildman–Crippen LogP) is 3.66. The van der Waals surface area contributed by atoms with Gasteiger partial charge in [0.05, 0.1) is 5.56 Å². The SMILES string of the molecule is [2H]C([2H])(CC)c1cccc(C(F)(F)F)c1. The zero-order valence-corrected chi connectivity index (χ0v) is 7.15. The monoisotopic (exact) mass is 190 g/mol. The van der Waals surface area contributed by atoms with E-state index in [2.05, 4.69) is 0 Å². The van der Waals surface area contributed by atoms with Gasteiger partial charge >= 0.3 is 6.18 Å². The normalized spacial score (nSPS) is 15.1. The molecule has 0 radical (unpaired) electrons. The molecule has 13 heavy (non-hydrogen) atoms. The van der Waals surface area contributed by atoms with E-state index in [0.717, 1.165) is 12.1 Å². The van der Waals surface area contributed by atoms with Crippen LogP contribution in [0.3, 0.4) is 0 Å². The van der Waals surface area contributed by atoms with Crippen molar-refractivity contribution in [2.24, 2.45) is 0 Å². The number of hydrogen-bond donors (Lipinski definition) is 0. The Balaban J connectivity index is 3.14. The highest BCUT2D eigenvalue weighted by Crippen LogP contribution is 2.29. The molecule has 72 valence electrons. The molecule has 0 aliphatic rings. The maximum absolute atomic E-state index is 12.3. The Morgan fingerprint density at radius 2 is 2.08 bits per heavy atom. The van der Waals surface area contributed by atoms with Gasteiger partial charge in [0.25, 0.3) is 0 Å². The molecule has 1 aromatic rings. The topological polar surface area (TPSA) is 0 Å². The summed E-state index contributed by atoms with van der Waals surface area (Å²) in [5.74, 6) is 0. The van der Waals surface area contributed by atoms with Crippen LogP contribution < -0.4 is 0 Å². The van der Waals surface area contributed by atoms with E-state index in [1.54, 1.807) is 6.92 Å². The van der Waals surface area contributed by atoms with Gasteiger partial charge in [0.2, 0.25) is 0 Å². The fourth-order valence-corrected chi connectivity index (χ4v) is 1.01. The minimum absolute atomic E-state index is 0.0693. The largest absolute Gasteiger partial charge is 0.416 e. The van der Waals surface area contributed by atoms with Gasteiger partial charge < -0.3 is 0 Å². The molecule has 1 rings (SSSR count). The van der Waals surface area contributed by atoms with Crippen LogP contribution in [0.15, 0.2) is 24.3 Å². The first-order valence-corrected chi connectivity index (χ1v) is 3.95. The van der Waals surface area contributed by atoms with Gasteiger partial charge in [-0.25, -0.2) is 0 Å². The average molecular weight is 190 g/mol. The van der Waals surface area contributed by atoms with Crippen LogP contribution in [-0.4, -0.2) is 0 Å². The lowest BCUT2D eigenvalue weighted by molar-refractivity contribution is -0.137. The Morgan fingerprint density at radius 3 is 2.62 bits per heavy atom. The second-order valence-corrected chi connectivity index (χ2v) is 2.61. The van der Waals surface area contributed by atoms with Crippen molar-refractivity contribution in [2.75, 3.05) is 0 Å². The zero-order chi connectivity index (χ0) is 11.7. The molecule has 0 spiro atoms. The molecule has 0 aliphatic carbocycles. The summed E-state index contributed by atoms with van der Waals surface area (Å²) in [6, 6.07) is 4.41. The van der Waals surface area contributed by atoms with Gasteiger partial charge in [-0.15, -0.1) is 0 Å². The van der Waals surface area contributed by atoms with E-state index in [0.29, 0.717) is 0 Å². The zero-order valence-electron chi connectivity index (χ0n) is 9.15. The van der Waals surface area contributed by atoms with Crippen LogP contribution in [0.5, 0.6) is 0 Å². The van der Waals surface area contributed by atoms with Crippen LogP contribution in [0.25, 0.3) is 0 Å². The van der Waals surface area contributed by atoms with E-state index in [9.17, 15) is 13.2 Å². The smallest absolute Gasteiger partial charge is 0.166 e. The van der Waals surface area contributed by atoms with E-state index in [1.165, 1.54) is 12.1 Å². The van der Waals surface area contributed by atoms with Crippen molar-refractivity contribution < 1.29 is 15.9 Å². The van der Waals surface area contributed by atoms with E-state index >= 15 is 0 Å². The standard InChI is InChI=1S/C10H11F3/c1-2-4-8-5-3-6-9(7-8)10(11,12)13/h3,5-7H,2,4H2,1H3/i4D2. The first kappa shape index (κ1) is 7.42. The molecule has 0 bridgehead atoms. The van der Waals surface area contributed by atoms with E-state index in [-0.39, 0.29) is 12.0 Å². The highest BCUT2D eigenvalue weighted by Gasteiger charge is 2.30. The van der Waals surface area contributed by atoms with Crippen LogP contribution in [0.2, 0.25) is 0 Å². The second-order valence-electron chi connectivity index (χ2n) is 2.61. The highest BCUT2D eigenvalue weighted by molar-refractivity contribution is 5.25. The molecule has 1 aromatic carbocycles. The van der Waals surface area contributed by atoms with Gasteiger partial charge in [-0.1, -0.05) is 31.5 Å². The molecule has 0 aromatic heterocycles. The summed E-state index contributed by atoms with van der Waals surface area (Å²) in [6.45, 7) is 1.60. The molecular formula is C10H11F3. The third-order valence-corrected chi connectivity index (χ3v) is 1.57. The molecule has 0 amide bonds. The number of hydrogen-bond acceptors (Lipinski definition) is 0. The minimum Gasteiger partial charge on any atom is -0.166 e. The van der Waals surface area contributed by atoms with Crippen LogP contribution in [0, 0.1) is 0 Å². The third kappa shape index (κ3) is 2.76. The Kier molecular flexibility index (Phi) is 2.18. The van der Waals surface area contributed by atoms with E-state index in [4.69, 9.17) is 2.74 Å². The number of benzene rings is 1. The molecule has 0 fully saturated rings. The lowest BCUT2D eigenvalue weighted by Crippen LogP contribution is -2.05. The van der Waals surface area contributed by atoms with E-state index < -0.39 is 18.1 Å². The fourth-order valence-electron chi connectivity index (χ4n) is 1.01. The van der Waals surface area contributed by atoms with Crippen LogP contribution >= 0.6 is 0 Å². The maximum Gasteiger partial charge on any atom is 0.416 e. The quantitative estimate of drug-likeness (QED) is 0.667. The molecule has 0 saturated heterocycles. The lowest BCUT2D eigenvalue weighted by Gasteiger charge is -2.07. The van der Waals surface area contributed by atoms with Crippen molar-refractivity contribution >= 4 is 0 Å². The predicted molar refractivity (Wildman–Crippen MR) is 45.4 cm³/mol. The van der Waals surface area contributed by atoms with Crippen molar-refractivity contribution in [1.29, 1.82) is 0 Å². The van der Waals surface area contributed by atoms with Crippen LogP contribution in [0.1, 0.15) is 27.2 Å². The van der Waals surface area contributed by atoms with Gasteiger partial charge in [-0.05, 0) is 18.0 Å². The third-order valence-electron chi connectivity index (χ3n) is 1.57. The van der Waals surface area contributed by atoms with Gasteiger partial charge in [0.15, 0.2) is 0 Å². The molecule has 0 N–H and O–H groups in total. The Labute approximate surface area is 78.2 Å². The summed E-state index contributed by atoms with van der Waals surface area (Å²) in [7, 11) is 0. The summed E-state index contributed by atoms with van der Waals surface area (Å²) in [4.78, 5) is 0. The molecule has 3 heteroatoms. The van der Waals surface area contributed by atoms with Crippen molar-refractivity contribution in [3.63, 3.8) is 0 Å². The highest BCUT2D eigenvalue weighted by atomic mass is 19.4. The van der Waals surface area contributed by atoms with Crippen molar-refractivity contribution in [3.05, 3.63) is 35.4 Å². The number of alkyl halides is 3. The van der Waals surface area contributed by atoms with Crippen molar-refractivity contribution in [2.45, 2.75) is 25.9 Å². The summed E-state index contributed by atoms with van der Waals surface area (Å²) in [5, 5.41) is 0. The Bertz CT molecular complexity index is 345. The summed E-state index contributed by atoms with van der Waals surface area (Å²) in [5.41, 5.74) is -0.739. The molecule has 0 unspecified atom stereocenters. The van der Waals surface area contributed by atoms with Gasteiger partial charge in [0, 0.05) is 2.74 Å². The number of rotatable bonds is 2. The van der Waals surface area contributed by atoms with Gasteiger partial charge in [-0.3, -0.25) is 0 Å². The molecular weight excluding hydrogens is 177 g/mol. The Hall–Kier alpha value is -0.990. The van der Waals surface area contributed by atoms with E-state index in [1.807, 2.05) is 0 Å². The van der Waals surface area contributed by atoms with Crippen molar-refractivity contribution in [1.82, 2.24) is 0 Å². The minimum atomic E-state index is -4.42. The molecule has 0 heterocycles. The summed E-state index contributed by atoms with van der Waals surface area (Å²) < 4.78 is 52.0. The fraction of sp³-hybridized carbons (Fsp3) is 0.400. The Morgan fingerprint density at radius 1 is 1.38 bits per heavy atom. The molecule has 0 saturated carbocycles. The number of aryl methyl sites for hydroxylation is 1.